The maximum Gasteiger partial charge on any atom is 0.276 e. The summed E-state index contributed by atoms with van der Waals surface area (Å²) in [6, 6.07) is 3.93. The van der Waals surface area contributed by atoms with Crippen LogP contribution in [0.3, 0.4) is 0 Å². The summed E-state index contributed by atoms with van der Waals surface area (Å²) in [7, 11) is 0. The van der Waals surface area contributed by atoms with Crippen LogP contribution in [0.5, 0.6) is 0 Å². The van der Waals surface area contributed by atoms with Gasteiger partial charge in [-0.15, -0.1) is 11.3 Å². The maximum absolute atomic E-state index is 5.17. The fourth-order valence-electron chi connectivity index (χ4n) is 3.19. The van der Waals surface area contributed by atoms with Crippen LogP contribution in [-0.2, 0) is 12.8 Å². The standard InChI is InChI=1S/C19H17N5OS/c1-12-21-18(25-23-12)16-6-5-13(11-20-16)19-22-15-7-9-24(14-3-2-4-14)10-8-17(15)26-19/h2-6,11H,7-10H2,1H3. The molecule has 0 unspecified atom stereocenters. The van der Waals surface area contributed by atoms with E-state index in [9.17, 15) is 0 Å². The third kappa shape index (κ3) is 2.74. The summed E-state index contributed by atoms with van der Waals surface area (Å²) < 4.78 is 5.17. The summed E-state index contributed by atoms with van der Waals surface area (Å²) in [5, 5.41) is 4.84. The first kappa shape index (κ1) is 15.5. The van der Waals surface area contributed by atoms with Crippen molar-refractivity contribution in [3.05, 3.63) is 58.7 Å². The van der Waals surface area contributed by atoms with Gasteiger partial charge >= 0.3 is 0 Å². The SMILES string of the molecule is Cc1noc(-c2ccc(-c3nc4c(s3)CCN(C3=CC=C3)CC4)cn2)n1. The Labute approximate surface area is 154 Å². The summed E-state index contributed by atoms with van der Waals surface area (Å²) in [6.07, 6.45) is 10.3. The Morgan fingerprint density at radius 2 is 2.04 bits per heavy atom. The first-order chi connectivity index (χ1) is 12.8. The average molecular weight is 363 g/mol. The molecule has 5 rings (SSSR count). The summed E-state index contributed by atoms with van der Waals surface area (Å²) in [6.45, 7) is 3.88. The predicted octanol–water partition coefficient (Wildman–Crippen LogP) is 3.42. The first-order valence-electron chi connectivity index (χ1n) is 8.65. The van der Waals surface area contributed by atoms with Gasteiger partial charge in [-0.1, -0.05) is 11.2 Å². The van der Waals surface area contributed by atoms with Gasteiger partial charge in [0.05, 0.1) is 5.69 Å². The van der Waals surface area contributed by atoms with Crippen LogP contribution in [0.15, 0.2) is 46.8 Å². The van der Waals surface area contributed by atoms with Crippen LogP contribution in [0, 0.1) is 6.92 Å². The van der Waals surface area contributed by atoms with E-state index < -0.39 is 0 Å². The van der Waals surface area contributed by atoms with Crippen LogP contribution in [-0.4, -0.2) is 38.1 Å². The monoisotopic (exact) mass is 363 g/mol. The summed E-state index contributed by atoms with van der Waals surface area (Å²) in [4.78, 5) is 17.4. The molecule has 0 fully saturated rings. The Morgan fingerprint density at radius 1 is 1.15 bits per heavy atom. The molecule has 26 heavy (non-hydrogen) atoms. The molecule has 3 aromatic rings. The van der Waals surface area contributed by atoms with E-state index in [1.165, 1.54) is 16.3 Å². The molecule has 0 amide bonds. The number of aromatic nitrogens is 4. The number of allylic oxidation sites excluding steroid dienone is 3. The van der Waals surface area contributed by atoms with E-state index in [0.717, 1.165) is 36.5 Å². The van der Waals surface area contributed by atoms with Gasteiger partial charge in [-0.25, -0.2) is 4.98 Å². The van der Waals surface area contributed by atoms with Crippen molar-refractivity contribution in [3.8, 4) is 22.2 Å². The fraction of sp³-hybridized carbons (Fsp3) is 0.263. The summed E-state index contributed by atoms with van der Waals surface area (Å²) >= 11 is 1.78. The largest absolute Gasteiger partial charge is 0.371 e. The molecular weight excluding hydrogens is 346 g/mol. The Morgan fingerprint density at radius 3 is 2.73 bits per heavy atom. The van der Waals surface area contributed by atoms with Gasteiger partial charge < -0.3 is 9.42 Å². The van der Waals surface area contributed by atoms with Gasteiger partial charge in [0.1, 0.15) is 10.7 Å². The quantitative estimate of drug-likeness (QED) is 0.710. The Kier molecular flexibility index (Phi) is 3.67. The zero-order valence-corrected chi connectivity index (χ0v) is 15.2. The highest BCUT2D eigenvalue weighted by atomic mass is 32.1. The lowest BCUT2D eigenvalue weighted by molar-refractivity contribution is 0.369. The van der Waals surface area contributed by atoms with Crippen molar-refractivity contribution in [2.24, 2.45) is 0 Å². The van der Waals surface area contributed by atoms with Crippen molar-refractivity contribution in [2.45, 2.75) is 19.8 Å². The number of thiazole rings is 1. The van der Waals surface area contributed by atoms with Crippen molar-refractivity contribution in [3.63, 3.8) is 0 Å². The van der Waals surface area contributed by atoms with Crippen molar-refractivity contribution in [1.29, 1.82) is 0 Å². The van der Waals surface area contributed by atoms with Gasteiger partial charge in [-0.2, -0.15) is 4.98 Å². The van der Waals surface area contributed by atoms with Crippen molar-refractivity contribution >= 4 is 11.3 Å². The lowest BCUT2D eigenvalue weighted by Gasteiger charge is -2.26. The first-order valence-corrected chi connectivity index (χ1v) is 9.47. The second kappa shape index (κ2) is 6.17. The highest BCUT2D eigenvalue weighted by Gasteiger charge is 2.20. The van der Waals surface area contributed by atoms with Crippen LogP contribution in [0.25, 0.3) is 22.2 Å². The number of rotatable bonds is 3. The molecule has 4 heterocycles. The molecule has 1 aliphatic carbocycles. The highest BCUT2D eigenvalue weighted by molar-refractivity contribution is 7.15. The Hall–Kier alpha value is -2.80. The number of pyridine rings is 1. The van der Waals surface area contributed by atoms with Crippen LogP contribution in [0.4, 0.5) is 0 Å². The molecular formula is C19H17N5OS. The molecule has 2 aliphatic rings. The molecule has 3 aromatic heterocycles. The molecule has 130 valence electrons. The van der Waals surface area contributed by atoms with Crippen LogP contribution in [0.1, 0.15) is 16.4 Å². The van der Waals surface area contributed by atoms with Gasteiger partial charge in [0.15, 0.2) is 5.82 Å². The second-order valence-electron chi connectivity index (χ2n) is 6.41. The summed E-state index contributed by atoms with van der Waals surface area (Å²) in [5.74, 6) is 1.06. The van der Waals surface area contributed by atoms with Gasteiger partial charge in [0.25, 0.3) is 5.89 Å². The molecule has 7 heteroatoms. The molecule has 1 aliphatic heterocycles. The van der Waals surface area contributed by atoms with Crippen molar-refractivity contribution in [1.82, 2.24) is 25.0 Å². The van der Waals surface area contributed by atoms with E-state index in [1.807, 2.05) is 18.3 Å². The number of aryl methyl sites for hydroxylation is 1. The zero-order chi connectivity index (χ0) is 17.5. The van der Waals surface area contributed by atoms with Gasteiger partial charge in [-0.05, 0) is 31.2 Å². The number of nitrogens with zero attached hydrogens (tertiary/aromatic N) is 5. The zero-order valence-electron chi connectivity index (χ0n) is 14.3. The van der Waals surface area contributed by atoms with Gasteiger partial charge in [-0.3, -0.25) is 4.98 Å². The fourth-order valence-corrected chi connectivity index (χ4v) is 4.27. The predicted molar refractivity (Wildman–Crippen MR) is 99.6 cm³/mol. The van der Waals surface area contributed by atoms with Gasteiger partial charge in [0, 0.05) is 48.3 Å². The molecule has 0 bridgehead atoms. The Bertz CT molecular complexity index is 989. The maximum atomic E-state index is 5.17. The van der Waals surface area contributed by atoms with E-state index >= 15 is 0 Å². The highest BCUT2D eigenvalue weighted by Crippen LogP contribution is 2.31. The Balaban J connectivity index is 1.35. The minimum absolute atomic E-state index is 0.448. The third-order valence-corrected chi connectivity index (χ3v) is 5.87. The molecule has 6 nitrogen and oxygen atoms in total. The molecule has 0 radical (unpaired) electrons. The minimum Gasteiger partial charge on any atom is -0.371 e. The van der Waals surface area contributed by atoms with Crippen LogP contribution >= 0.6 is 11.3 Å². The topological polar surface area (TPSA) is 67.9 Å². The molecule has 0 saturated carbocycles. The minimum atomic E-state index is 0.448. The molecule has 0 aromatic carbocycles. The lowest BCUT2D eigenvalue weighted by Crippen LogP contribution is -2.26. The van der Waals surface area contributed by atoms with E-state index in [2.05, 4.69) is 38.3 Å². The number of fused-ring (bicyclic) bond motifs is 1. The molecule has 0 spiro atoms. The van der Waals surface area contributed by atoms with Crippen LogP contribution in [0.2, 0.25) is 0 Å². The van der Waals surface area contributed by atoms with Crippen molar-refractivity contribution < 1.29 is 4.52 Å². The van der Waals surface area contributed by atoms with Crippen LogP contribution < -0.4 is 0 Å². The van der Waals surface area contributed by atoms with E-state index in [1.54, 1.807) is 18.3 Å². The van der Waals surface area contributed by atoms with Gasteiger partial charge in [0.2, 0.25) is 0 Å². The normalized spacial score (nSPS) is 16.0. The second-order valence-corrected chi connectivity index (χ2v) is 7.49. The number of hydrogen-bond acceptors (Lipinski definition) is 7. The number of hydrogen-bond donors (Lipinski definition) is 0. The average Bonchev–Trinajstić information content (AvgIpc) is 3.18. The van der Waals surface area contributed by atoms with Crippen molar-refractivity contribution in [2.75, 3.05) is 13.1 Å². The molecule has 0 N–H and O–H groups in total. The molecule has 0 saturated heterocycles. The van der Waals surface area contributed by atoms with E-state index in [-0.39, 0.29) is 0 Å². The summed E-state index contributed by atoms with van der Waals surface area (Å²) in [5.41, 5.74) is 4.29. The smallest absolute Gasteiger partial charge is 0.276 e. The van der Waals surface area contributed by atoms with E-state index in [4.69, 9.17) is 9.51 Å². The lowest BCUT2D eigenvalue weighted by atomic mass is 10.2. The van der Waals surface area contributed by atoms with E-state index in [0.29, 0.717) is 17.4 Å². The third-order valence-electron chi connectivity index (χ3n) is 4.66. The molecule has 0 atom stereocenters.